The van der Waals surface area contributed by atoms with Crippen molar-refractivity contribution in [2.24, 2.45) is 0 Å². The van der Waals surface area contributed by atoms with Gasteiger partial charge in [-0.2, -0.15) is 0 Å². The van der Waals surface area contributed by atoms with Gasteiger partial charge in [-0.3, -0.25) is 14.4 Å². The largest absolute Gasteiger partial charge is 0.299 e. The van der Waals surface area contributed by atoms with Crippen LogP contribution < -0.4 is 0 Å². The number of carbonyl (C=O) groups is 1. The molecule has 1 saturated heterocycles. The molecule has 1 aliphatic rings. The molecule has 3 aromatic rings. The predicted molar refractivity (Wildman–Crippen MR) is 121 cm³/mol. The van der Waals surface area contributed by atoms with E-state index in [1.165, 1.54) is 6.42 Å². The molecule has 7 heteroatoms. The van der Waals surface area contributed by atoms with Gasteiger partial charge in [0.05, 0.1) is 5.02 Å². The average molecular weight is 443 g/mol. The van der Waals surface area contributed by atoms with Crippen LogP contribution in [0.5, 0.6) is 0 Å². The molecule has 1 amide bonds. The number of nitrogens with zero attached hydrogens (tertiary/aromatic N) is 4. The Bertz CT molecular complexity index is 1030. The van der Waals surface area contributed by atoms with Gasteiger partial charge in [0.1, 0.15) is 11.5 Å². The third-order valence-electron chi connectivity index (χ3n) is 5.34. The van der Waals surface area contributed by atoms with Crippen molar-refractivity contribution in [3.05, 3.63) is 70.5 Å². The molecule has 0 N–H and O–H groups in total. The molecular weight excluding hydrogens is 419 g/mol. The van der Waals surface area contributed by atoms with E-state index in [0.717, 1.165) is 31.6 Å². The van der Waals surface area contributed by atoms with Crippen molar-refractivity contribution in [2.75, 3.05) is 19.6 Å². The van der Waals surface area contributed by atoms with Crippen LogP contribution in [0.2, 0.25) is 10.0 Å². The second-order valence-corrected chi connectivity index (χ2v) is 8.16. The Morgan fingerprint density at radius 3 is 2.50 bits per heavy atom. The molecule has 0 aliphatic carbocycles. The molecule has 1 aromatic heterocycles. The Hall–Kier alpha value is -2.34. The van der Waals surface area contributed by atoms with E-state index in [2.05, 4.69) is 5.01 Å². The van der Waals surface area contributed by atoms with Gasteiger partial charge < -0.3 is 0 Å². The lowest BCUT2D eigenvalue weighted by atomic mass is 10.2. The van der Waals surface area contributed by atoms with Gasteiger partial charge in [-0.05, 0) is 50.1 Å². The van der Waals surface area contributed by atoms with Crippen LogP contribution in [0.3, 0.4) is 0 Å². The maximum atomic E-state index is 13.4. The van der Waals surface area contributed by atoms with Crippen molar-refractivity contribution in [3.8, 4) is 17.1 Å². The number of piperidine rings is 1. The highest BCUT2D eigenvalue weighted by Gasteiger charge is 2.26. The minimum absolute atomic E-state index is 0.103. The maximum Gasteiger partial charge on any atom is 0.288 e. The standard InChI is InChI=1S/C23H24Cl2N4O/c1-2-29(27-13-7-4-8-14-27)23(30)21-16-28(18-9-5-3-6-10-18)22(26-21)19-15-17(24)11-12-20(19)25/h3,5-6,9-12,15-16H,2,4,7-8,13-14H2,1H3. The van der Waals surface area contributed by atoms with E-state index in [-0.39, 0.29) is 5.91 Å². The highest BCUT2D eigenvalue weighted by Crippen LogP contribution is 2.32. The minimum Gasteiger partial charge on any atom is -0.299 e. The summed E-state index contributed by atoms with van der Waals surface area (Å²) in [5.74, 6) is 0.486. The van der Waals surface area contributed by atoms with Crippen molar-refractivity contribution in [1.82, 2.24) is 19.6 Å². The molecule has 156 valence electrons. The molecule has 0 saturated carbocycles. The fourth-order valence-electron chi connectivity index (χ4n) is 3.85. The number of hydrogen-bond donors (Lipinski definition) is 0. The normalized spacial score (nSPS) is 14.6. The zero-order valence-electron chi connectivity index (χ0n) is 16.9. The van der Waals surface area contributed by atoms with Gasteiger partial charge in [0.25, 0.3) is 5.91 Å². The van der Waals surface area contributed by atoms with Gasteiger partial charge >= 0.3 is 0 Å². The van der Waals surface area contributed by atoms with Crippen molar-refractivity contribution < 1.29 is 4.79 Å². The molecule has 1 fully saturated rings. The van der Waals surface area contributed by atoms with Crippen LogP contribution in [0.4, 0.5) is 0 Å². The van der Waals surface area contributed by atoms with Gasteiger partial charge in [0.2, 0.25) is 0 Å². The molecule has 2 aromatic carbocycles. The lowest BCUT2D eigenvalue weighted by molar-refractivity contribution is -0.0185. The molecule has 0 unspecified atom stereocenters. The quantitative estimate of drug-likeness (QED) is 0.507. The van der Waals surface area contributed by atoms with Crippen molar-refractivity contribution in [1.29, 1.82) is 0 Å². The van der Waals surface area contributed by atoms with Gasteiger partial charge in [-0.15, -0.1) is 0 Å². The second-order valence-electron chi connectivity index (χ2n) is 7.31. The van der Waals surface area contributed by atoms with Crippen LogP contribution in [0.1, 0.15) is 36.7 Å². The van der Waals surface area contributed by atoms with E-state index in [1.807, 2.05) is 41.8 Å². The van der Waals surface area contributed by atoms with Crippen molar-refractivity contribution in [3.63, 3.8) is 0 Å². The van der Waals surface area contributed by atoms with Crippen LogP contribution in [0.25, 0.3) is 17.1 Å². The third-order valence-corrected chi connectivity index (χ3v) is 5.90. The highest BCUT2D eigenvalue weighted by atomic mass is 35.5. The molecule has 0 bridgehead atoms. The number of para-hydroxylation sites is 1. The number of rotatable bonds is 5. The Morgan fingerprint density at radius 2 is 1.80 bits per heavy atom. The summed E-state index contributed by atoms with van der Waals surface area (Å²) in [6.07, 6.45) is 5.20. The van der Waals surface area contributed by atoms with Crippen molar-refractivity contribution in [2.45, 2.75) is 26.2 Å². The zero-order valence-corrected chi connectivity index (χ0v) is 18.4. The second kappa shape index (κ2) is 9.21. The number of aromatic nitrogens is 2. The van der Waals surface area contributed by atoms with Crippen LogP contribution >= 0.6 is 23.2 Å². The summed E-state index contributed by atoms with van der Waals surface area (Å²) in [4.78, 5) is 18.1. The highest BCUT2D eigenvalue weighted by molar-refractivity contribution is 6.35. The SMILES string of the molecule is CCN(C(=O)c1cn(-c2ccccc2)c(-c2cc(Cl)ccc2Cl)n1)N1CCCCC1. The number of hydrazine groups is 1. The van der Waals surface area contributed by atoms with E-state index in [4.69, 9.17) is 28.2 Å². The molecule has 5 nitrogen and oxygen atoms in total. The summed E-state index contributed by atoms with van der Waals surface area (Å²) in [5, 5.41) is 5.04. The Kier molecular flexibility index (Phi) is 6.42. The number of halogens is 2. The van der Waals surface area contributed by atoms with E-state index in [0.29, 0.717) is 33.7 Å². The Morgan fingerprint density at radius 1 is 1.07 bits per heavy atom. The van der Waals surface area contributed by atoms with E-state index in [9.17, 15) is 4.79 Å². The fraction of sp³-hybridized carbons (Fsp3) is 0.304. The summed E-state index contributed by atoms with van der Waals surface area (Å²) in [5.41, 5.74) is 1.97. The molecule has 0 spiro atoms. The molecule has 30 heavy (non-hydrogen) atoms. The third kappa shape index (κ3) is 4.24. The summed E-state index contributed by atoms with van der Waals surface area (Å²) in [6.45, 7) is 4.39. The Labute approximate surface area is 186 Å². The number of hydrogen-bond acceptors (Lipinski definition) is 3. The summed E-state index contributed by atoms with van der Waals surface area (Å²) < 4.78 is 1.90. The summed E-state index contributed by atoms with van der Waals surface area (Å²) in [7, 11) is 0. The number of imidazole rings is 1. The number of carbonyl (C=O) groups excluding carboxylic acids is 1. The molecule has 0 atom stereocenters. The lowest BCUT2D eigenvalue weighted by Crippen LogP contribution is -2.48. The summed E-state index contributed by atoms with van der Waals surface area (Å²) in [6, 6.07) is 15.1. The zero-order chi connectivity index (χ0) is 21.1. The molecule has 4 rings (SSSR count). The first-order chi connectivity index (χ1) is 14.6. The Balaban J connectivity index is 1.79. The monoisotopic (exact) mass is 442 g/mol. The predicted octanol–water partition coefficient (Wildman–Crippen LogP) is 5.71. The van der Waals surface area contributed by atoms with Crippen LogP contribution in [-0.2, 0) is 0 Å². The fourth-order valence-corrected chi connectivity index (χ4v) is 4.22. The van der Waals surface area contributed by atoms with Gasteiger partial charge in [-0.25, -0.2) is 9.99 Å². The number of benzene rings is 2. The van der Waals surface area contributed by atoms with Crippen LogP contribution in [0, 0.1) is 0 Å². The molecule has 2 heterocycles. The van der Waals surface area contributed by atoms with Gasteiger partial charge in [0.15, 0.2) is 0 Å². The first kappa shape index (κ1) is 20.9. The minimum atomic E-state index is -0.103. The van der Waals surface area contributed by atoms with Crippen molar-refractivity contribution >= 4 is 29.1 Å². The first-order valence-corrected chi connectivity index (χ1v) is 11.0. The smallest absolute Gasteiger partial charge is 0.288 e. The molecule has 0 radical (unpaired) electrons. The van der Waals surface area contributed by atoms with E-state index in [1.54, 1.807) is 29.4 Å². The van der Waals surface area contributed by atoms with Gasteiger partial charge in [-0.1, -0.05) is 47.8 Å². The lowest BCUT2D eigenvalue weighted by Gasteiger charge is -2.36. The molecule has 1 aliphatic heterocycles. The number of amides is 1. The molecular formula is C23H24Cl2N4O. The van der Waals surface area contributed by atoms with E-state index >= 15 is 0 Å². The topological polar surface area (TPSA) is 41.4 Å². The van der Waals surface area contributed by atoms with Crippen LogP contribution in [-0.4, -0.2) is 45.1 Å². The first-order valence-electron chi connectivity index (χ1n) is 10.3. The average Bonchev–Trinajstić information content (AvgIpc) is 3.22. The maximum absolute atomic E-state index is 13.4. The summed E-state index contributed by atoms with van der Waals surface area (Å²) >= 11 is 12.7. The van der Waals surface area contributed by atoms with Crippen LogP contribution in [0.15, 0.2) is 54.7 Å². The van der Waals surface area contributed by atoms with E-state index < -0.39 is 0 Å². The van der Waals surface area contributed by atoms with Gasteiger partial charge in [0, 0.05) is 42.1 Å².